The Hall–Kier alpha value is -4.91. The summed E-state index contributed by atoms with van der Waals surface area (Å²) in [5.74, 6) is -6.03. The van der Waals surface area contributed by atoms with Crippen LogP contribution < -0.4 is 10.6 Å². The molecule has 0 spiro atoms. The molecule has 3 aromatic rings. The van der Waals surface area contributed by atoms with Crippen molar-refractivity contribution >= 4 is 41.2 Å². The Morgan fingerprint density at radius 2 is 1.43 bits per heavy atom. The molecule has 1 heterocycles. The van der Waals surface area contributed by atoms with Crippen molar-refractivity contribution in [3.8, 4) is 0 Å². The molecule has 324 valence electrons. The van der Waals surface area contributed by atoms with Gasteiger partial charge in [-0.15, -0.1) is 0 Å². The van der Waals surface area contributed by atoms with Crippen LogP contribution in [0.5, 0.6) is 0 Å². The number of ether oxygens (including phenoxy) is 1. The number of likely N-dealkylation sites (tertiary alicyclic amines) is 1. The normalized spacial score (nSPS) is 17.8. The number of benzene rings is 3. The van der Waals surface area contributed by atoms with E-state index in [9.17, 15) is 37.1 Å². The SMILES string of the molecule is Cc1ccc(C(OC(=O)C[C@H](NC(=O)[C@H](C(C)C)N(C)C(=O)[C@](C)(CC2CCCCC2)NC(=O)C(F)(F)F)C(=O)N2CCCC2)(c2ccccc2)c2ccccc2Cl)cc1. The molecule has 4 amide bonds. The molecule has 60 heavy (non-hydrogen) atoms. The van der Waals surface area contributed by atoms with Gasteiger partial charge in [-0.2, -0.15) is 13.2 Å². The molecule has 3 aromatic carbocycles. The van der Waals surface area contributed by atoms with Gasteiger partial charge in [-0.3, -0.25) is 24.0 Å². The van der Waals surface area contributed by atoms with Crippen LogP contribution in [-0.2, 0) is 34.3 Å². The number of rotatable bonds is 15. The number of alkyl halides is 3. The summed E-state index contributed by atoms with van der Waals surface area (Å²) < 4.78 is 47.5. The van der Waals surface area contributed by atoms with Crippen LogP contribution in [0.4, 0.5) is 13.2 Å². The standard InChI is InChI=1S/C46H56ClF3N4O6/c1-30(2)39(53(5)43(59)44(4,52-42(58)46(48,49)50)29-32-16-8-6-9-17-32)40(56)51-37(41(57)54-26-14-15-27-54)28-38(55)60-45(33-18-10-7-11-19-33,34-24-22-31(3)23-25-34)35-20-12-13-21-36(35)47/h7,10-13,18-25,30,32,37,39H,6,8-9,14-17,26-29H2,1-5H3,(H,51,56)(H,52,58)/t37-,39-,44-,45?/m0/s1. The molecule has 0 bridgehead atoms. The number of esters is 1. The van der Waals surface area contributed by atoms with Gasteiger partial charge >= 0.3 is 18.1 Å². The summed E-state index contributed by atoms with van der Waals surface area (Å²) >= 11 is 6.87. The monoisotopic (exact) mass is 852 g/mol. The van der Waals surface area contributed by atoms with E-state index in [2.05, 4.69) is 5.32 Å². The molecule has 10 nitrogen and oxygen atoms in total. The molecule has 1 aliphatic heterocycles. The first-order chi connectivity index (χ1) is 28.4. The van der Waals surface area contributed by atoms with Crippen LogP contribution in [0.25, 0.3) is 0 Å². The fraction of sp³-hybridized carbons (Fsp3) is 0.500. The maximum Gasteiger partial charge on any atom is 0.471 e. The van der Waals surface area contributed by atoms with Crippen molar-refractivity contribution < 1.29 is 41.9 Å². The van der Waals surface area contributed by atoms with Gasteiger partial charge < -0.3 is 25.2 Å². The maximum atomic E-state index is 14.5. The van der Waals surface area contributed by atoms with Gasteiger partial charge in [-0.25, -0.2) is 0 Å². The van der Waals surface area contributed by atoms with Crippen LogP contribution in [0.15, 0.2) is 78.9 Å². The molecule has 1 unspecified atom stereocenters. The van der Waals surface area contributed by atoms with Crippen LogP contribution in [0.2, 0.25) is 5.02 Å². The van der Waals surface area contributed by atoms with Gasteiger partial charge in [0, 0.05) is 41.9 Å². The third-order valence-corrected chi connectivity index (χ3v) is 12.1. The first-order valence-corrected chi connectivity index (χ1v) is 21.1. The van der Waals surface area contributed by atoms with Crippen LogP contribution in [0.1, 0.15) is 101 Å². The van der Waals surface area contributed by atoms with Gasteiger partial charge in [-0.05, 0) is 51.0 Å². The minimum atomic E-state index is -5.25. The van der Waals surface area contributed by atoms with Crippen molar-refractivity contribution in [2.75, 3.05) is 20.1 Å². The second kappa shape index (κ2) is 19.6. The van der Waals surface area contributed by atoms with Crippen LogP contribution in [0.3, 0.4) is 0 Å². The van der Waals surface area contributed by atoms with E-state index in [-0.39, 0.29) is 12.3 Å². The predicted molar refractivity (Wildman–Crippen MR) is 223 cm³/mol. The predicted octanol–water partition coefficient (Wildman–Crippen LogP) is 7.87. The Labute approximate surface area is 355 Å². The lowest BCUT2D eigenvalue weighted by atomic mass is 9.79. The largest absolute Gasteiger partial charge is 0.471 e. The van der Waals surface area contributed by atoms with E-state index in [1.165, 1.54) is 14.0 Å². The molecular formula is C46H56ClF3N4O6. The van der Waals surface area contributed by atoms with Crippen LogP contribution in [0, 0.1) is 18.8 Å². The number of likely N-dealkylation sites (N-methyl/N-ethyl adjacent to an activating group) is 1. The number of amides is 4. The van der Waals surface area contributed by atoms with E-state index in [1.807, 2.05) is 54.7 Å². The molecule has 1 saturated carbocycles. The summed E-state index contributed by atoms with van der Waals surface area (Å²) in [6.07, 6.45) is -0.420. The average Bonchev–Trinajstić information content (AvgIpc) is 3.75. The smallest absolute Gasteiger partial charge is 0.444 e. The highest BCUT2D eigenvalue weighted by molar-refractivity contribution is 6.31. The lowest BCUT2D eigenvalue weighted by Gasteiger charge is -2.40. The highest BCUT2D eigenvalue weighted by atomic mass is 35.5. The van der Waals surface area contributed by atoms with Crippen molar-refractivity contribution in [2.45, 2.75) is 115 Å². The van der Waals surface area contributed by atoms with Gasteiger partial charge in [0.05, 0.1) is 6.42 Å². The molecule has 5 rings (SSSR count). The Balaban J connectivity index is 1.49. The minimum absolute atomic E-state index is 0.0537. The zero-order chi connectivity index (χ0) is 43.8. The fourth-order valence-corrected chi connectivity index (χ4v) is 9.04. The highest BCUT2D eigenvalue weighted by Crippen LogP contribution is 2.44. The molecule has 2 N–H and O–H groups in total. The van der Waals surface area contributed by atoms with E-state index in [4.69, 9.17) is 16.3 Å². The van der Waals surface area contributed by atoms with E-state index in [0.717, 1.165) is 42.6 Å². The summed E-state index contributed by atoms with van der Waals surface area (Å²) in [7, 11) is 1.30. The number of nitrogens with zero attached hydrogens (tertiary/aromatic N) is 2. The molecule has 4 atom stereocenters. The Bertz CT molecular complexity index is 1990. The number of carbonyl (C=O) groups is 5. The first-order valence-electron chi connectivity index (χ1n) is 20.7. The zero-order valence-corrected chi connectivity index (χ0v) is 35.7. The summed E-state index contributed by atoms with van der Waals surface area (Å²) in [5.41, 5.74) is -0.995. The Kier molecular flexibility index (Phi) is 15.1. The molecule has 0 aromatic heterocycles. The molecule has 1 saturated heterocycles. The van der Waals surface area contributed by atoms with Crippen molar-refractivity contribution in [3.63, 3.8) is 0 Å². The number of halogens is 4. The number of nitrogens with one attached hydrogen (secondary N) is 2. The van der Waals surface area contributed by atoms with Crippen molar-refractivity contribution in [1.29, 1.82) is 0 Å². The van der Waals surface area contributed by atoms with Gasteiger partial charge in [-0.1, -0.05) is 136 Å². The summed E-state index contributed by atoms with van der Waals surface area (Å²) in [6.45, 7) is 7.32. The summed E-state index contributed by atoms with van der Waals surface area (Å²) in [6, 6.07) is 20.7. The first kappa shape index (κ1) is 46.2. The number of hydrogen-bond acceptors (Lipinski definition) is 6. The quantitative estimate of drug-likeness (QED) is 0.119. The lowest BCUT2D eigenvalue weighted by molar-refractivity contribution is -0.177. The Morgan fingerprint density at radius 3 is 2.02 bits per heavy atom. The fourth-order valence-electron chi connectivity index (χ4n) is 8.78. The number of aryl methyl sites for hydroxylation is 1. The van der Waals surface area contributed by atoms with Gasteiger partial charge in [0.2, 0.25) is 17.7 Å². The van der Waals surface area contributed by atoms with Gasteiger partial charge in [0.25, 0.3) is 0 Å². The minimum Gasteiger partial charge on any atom is -0.444 e. The lowest BCUT2D eigenvalue weighted by Crippen LogP contribution is -2.64. The van der Waals surface area contributed by atoms with Crippen molar-refractivity contribution in [2.24, 2.45) is 11.8 Å². The zero-order valence-electron chi connectivity index (χ0n) is 34.9. The third-order valence-electron chi connectivity index (χ3n) is 11.7. The second-order valence-corrected chi connectivity index (χ2v) is 17.2. The number of hydrogen-bond donors (Lipinski definition) is 2. The average molecular weight is 853 g/mol. The molecular weight excluding hydrogens is 797 g/mol. The molecule has 2 fully saturated rings. The van der Waals surface area contributed by atoms with Gasteiger partial charge in [0.15, 0.2) is 5.60 Å². The maximum absolute atomic E-state index is 14.5. The van der Waals surface area contributed by atoms with Crippen LogP contribution in [-0.4, -0.2) is 83.3 Å². The molecule has 14 heteroatoms. The molecule has 2 aliphatic rings. The third kappa shape index (κ3) is 10.7. The Morgan fingerprint density at radius 1 is 0.850 bits per heavy atom. The van der Waals surface area contributed by atoms with Crippen LogP contribution >= 0.6 is 11.6 Å². The topological polar surface area (TPSA) is 125 Å². The van der Waals surface area contributed by atoms with E-state index >= 15 is 0 Å². The molecule has 1 aliphatic carbocycles. The van der Waals surface area contributed by atoms with Crippen molar-refractivity contribution in [3.05, 3.63) is 106 Å². The second-order valence-electron chi connectivity index (χ2n) is 16.8. The van der Waals surface area contributed by atoms with E-state index in [1.54, 1.807) is 55.1 Å². The summed E-state index contributed by atoms with van der Waals surface area (Å²) in [4.78, 5) is 72.5. The van der Waals surface area contributed by atoms with E-state index in [0.29, 0.717) is 47.6 Å². The van der Waals surface area contributed by atoms with Crippen molar-refractivity contribution in [1.82, 2.24) is 20.4 Å². The number of carbonyl (C=O) groups excluding carboxylic acids is 5. The molecule has 0 radical (unpaired) electrons. The van der Waals surface area contributed by atoms with E-state index < -0.39 is 71.3 Å². The van der Waals surface area contributed by atoms with Gasteiger partial charge in [0.1, 0.15) is 17.6 Å². The summed E-state index contributed by atoms with van der Waals surface area (Å²) in [5, 5.41) is 5.03. The highest BCUT2D eigenvalue weighted by Gasteiger charge is 2.49.